The SMILES string of the molecule is CCCc1nnc2n1-c1ccc(C(=O)N3CCN(Cc4ccccc4)CC3)cc1NC2O. The van der Waals surface area contributed by atoms with Gasteiger partial charge in [-0.15, -0.1) is 10.2 Å². The van der Waals surface area contributed by atoms with E-state index in [1.54, 1.807) is 0 Å². The predicted molar refractivity (Wildman–Crippen MR) is 122 cm³/mol. The molecule has 2 N–H and O–H groups in total. The zero-order valence-electron chi connectivity index (χ0n) is 18.2. The van der Waals surface area contributed by atoms with Crippen LogP contribution in [0.15, 0.2) is 48.5 Å². The quantitative estimate of drug-likeness (QED) is 0.645. The molecule has 0 radical (unpaired) electrons. The summed E-state index contributed by atoms with van der Waals surface area (Å²) in [5.41, 5.74) is 3.50. The van der Waals surface area contributed by atoms with Crippen molar-refractivity contribution in [3.05, 3.63) is 71.3 Å². The number of nitrogens with one attached hydrogen (secondary N) is 1. The number of carbonyl (C=O) groups is 1. The number of fused-ring (bicyclic) bond motifs is 3. The van der Waals surface area contributed by atoms with E-state index in [9.17, 15) is 9.90 Å². The number of aliphatic hydroxyl groups is 1. The molecule has 0 bridgehead atoms. The molecule has 32 heavy (non-hydrogen) atoms. The number of carbonyl (C=O) groups excluding carboxylic acids is 1. The second-order valence-electron chi connectivity index (χ2n) is 8.39. The van der Waals surface area contributed by atoms with Gasteiger partial charge >= 0.3 is 0 Å². The van der Waals surface area contributed by atoms with E-state index in [2.05, 4.69) is 51.6 Å². The molecule has 0 aliphatic carbocycles. The highest BCUT2D eigenvalue weighted by Crippen LogP contribution is 2.33. The van der Waals surface area contributed by atoms with Crippen LogP contribution in [0.1, 0.15) is 47.1 Å². The van der Waals surface area contributed by atoms with Gasteiger partial charge in [0.15, 0.2) is 12.1 Å². The number of hydrogen-bond acceptors (Lipinski definition) is 6. The van der Waals surface area contributed by atoms with Crippen LogP contribution in [0.4, 0.5) is 5.69 Å². The maximum Gasteiger partial charge on any atom is 0.254 e. The highest BCUT2D eigenvalue weighted by Gasteiger charge is 2.29. The molecule has 3 aromatic rings. The van der Waals surface area contributed by atoms with Crippen molar-refractivity contribution < 1.29 is 9.90 Å². The van der Waals surface area contributed by atoms with Crippen LogP contribution in [0, 0.1) is 0 Å². The lowest BCUT2D eigenvalue weighted by atomic mass is 10.1. The lowest BCUT2D eigenvalue weighted by molar-refractivity contribution is 0.0628. The van der Waals surface area contributed by atoms with Crippen LogP contribution < -0.4 is 5.32 Å². The van der Waals surface area contributed by atoms with Crippen molar-refractivity contribution in [3.8, 4) is 5.69 Å². The predicted octanol–water partition coefficient (Wildman–Crippen LogP) is 2.59. The maximum absolute atomic E-state index is 13.2. The molecule has 1 fully saturated rings. The van der Waals surface area contributed by atoms with Crippen LogP contribution in [-0.2, 0) is 13.0 Å². The molecule has 2 aliphatic rings. The minimum absolute atomic E-state index is 0.0202. The molecule has 2 aromatic carbocycles. The number of rotatable bonds is 5. The largest absolute Gasteiger partial charge is 0.367 e. The minimum atomic E-state index is -0.951. The Hall–Kier alpha value is -3.23. The van der Waals surface area contributed by atoms with Gasteiger partial charge in [0.2, 0.25) is 0 Å². The Balaban J connectivity index is 1.30. The van der Waals surface area contributed by atoms with E-state index < -0.39 is 6.23 Å². The van der Waals surface area contributed by atoms with Gasteiger partial charge in [0.25, 0.3) is 5.91 Å². The lowest BCUT2D eigenvalue weighted by Gasteiger charge is -2.35. The number of aliphatic hydroxyl groups excluding tert-OH is 1. The third kappa shape index (κ3) is 3.87. The van der Waals surface area contributed by atoms with Gasteiger partial charge in [-0.2, -0.15) is 0 Å². The fraction of sp³-hybridized carbons (Fsp3) is 0.375. The smallest absolute Gasteiger partial charge is 0.254 e. The first-order chi connectivity index (χ1) is 15.6. The van der Waals surface area contributed by atoms with Crippen LogP contribution in [0.2, 0.25) is 0 Å². The molecule has 2 aliphatic heterocycles. The molecule has 1 aromatic heterocycles. The zero-order valence-corrected chi connectivity index (χ0v) is 18.2. The number of anilines is 1. The molecule has 166 valence electrons. The summed E-state index contributed by atoms with van der Waals surface area (Å²) in [6, 6.07) is 16.0. The molecule has 0 saturated carbocycles. The summed E-state index contributed by atoms with van der Waals surface area (Å²) < 4.78 is 1.90. The van der Waals surface area contributed by atoms with Crippen molar-refractivity contribution in [2.75, 3.05) is 31.5 Å². The Bertz CT molecular complexity index is 1100. The van der Waals surface area contributed by atoms with Gasteiger partial charge in [-0.05, 0) is 30.2 Å². The van der Waals surface area contributed by atoms with Gasteiger partial charge in [0.05, 0.1) is 11.4 Å². The van der Waals surface area contributed by atoms with E-state index in [1.807, 2.05) is 33.7 Å². The van der Waals surface area contributed by atoms with Crippen LogP contribution in [0.25, 0.3) is 5.69 Å². The van der Waals surface area contributed by atoms with Crippen LogP contribution in [0.3, 0.4) is 0 Å². The average Bonchev–Trinajstić information content (AvgIpc) is 3.24. The summed E-state index contributed by atoms with van der Waals surface area (Å²) in [4.78, 5) is 17.5. The van der Waals surface area contributed by atoms with Crippen LogP contribution >= 0.6 is 0 Å². The number of piperazine rings is 1. The highest BCUT2D eigenvalue weighted by molar-refractivity contribution is 5.96. The molecular formula is C24H28N6O2. The second kappa shape index (κ2) is 8.72. The van der Waals surface area contributed by atoms with Crippen LogP contribution in [-0.4, -0.2) is 61.8 Å². The Morgan fingerprint density at radius 2 is 1.88 bits per heavy atom. The lowest BCUT2D eigenvalue weighted by Crippen LogP contribution is -2.48. The Kier molecular flexibility index (Phi) is 5.63. The first kappa shape index (κ1) is 20.7. The van der Waals surface area contributed by atoms with Gasteiger partial charge in [-0.1, -0.05) is 37.3 Å². The first-order valence-corrected chi connectivity index (χ1v) is 11.2. The normalized spacial score (nSPS) is 18.1. The molecule has 1 atom stereocenters. The van der Waals surface area contributed by atoms with Crippen molar-refractivity contribution >= 4 is 11.6 Å². The summed E-state index contributed by atoms with van der Waals surface area (Å²) in [7, 11) is 0. The Labute approximate surface area is 187 Å². The van der Waals surface area contributed by atoms with E-state index in [1.165, 1.54) is 5.56 Å². The molecule has 1 saturated heterocycles. The number of nitrogens with zero attached hydrogens (tertiary/aromatic N) is 5. The fourth-order valence-corrected chi connectivity index (χ4v) is 4.48. The summed E-state index contributed by atoms with van der Waals surface area (Å²) in [5, 5.41) is 21.9. The van der Waals surface area contributed by atoms with Crippen molar-refractivity contribution in [1.29, 1.82) is 0 Å². The number of aromatic nitrogens is 3. The van der Waals surface area contributed by atoms with E-state index >= 15 is 0 Å². The third-order valence-electron chi connectivity index (χ3n) is 6.16. The number of hydrogen-bond donors (Lipinski definition) is 2. The number of aryl methyl sites for hydroxylation is 1. The highest BCUT2D eigenvalue weighted by atomic mass is 16.3. The molecule has 1 unspecified atom stereocenters. The van der Waals surface area contributed by atoms with Gasteiger partial charge < -0.3 is 15.3 Å². The molecule has 8 heteroatoms. The maximum atomic E-state index is 13.2. The molecule has 1 amide bonds. The Morgan fingerprint density at radius 3 is 2.62 bits per heavy atom. The summed E-state index contributed by atoms with van der Waals surface area (Å²) in [5.74, 6) is 1.32. The van der Waals surface area contributed by atoms with E-state index in [0.717, 1.165) is 49.7 Å². The van der Waals surface area contributed by atoms with Crippen molar-refractivity contribution in [1.82, 2.24) is 24.6 Å². The van der Waals surface area contributed by atoms with Crippen molar-refractivity contribution in [2.24, 2.45) is 0 Å². The summed E-state index contributed by atoms with van der Waals surface area (Å²) in [6.45, 7) is 6.11. The van der Waals surface area contributed by atoms with E-state index in [4.69, 9.17) is 0 Å². The zero-order chi connectivity index (χ0) is 22.1. The number of amides is 1. The third-order valence-corrected chi connectivity index (χ3v) is 6.16. The molecule has 8 nitrogen and oxygen atoms in total. The monoisotopic (exact) mass is 432 g/mol. The van der Waals surface area contributed by atoms with Gasteiger partial charge in [-0.25, -0.2) is 0 Å². The Morgan fingerprint density at radius 1 is 1.09 bits per heavy atom. The number of benzene rings is 2. The summed E-state index contributed by atoms with van der Waals surface area (Å²) >= 11 is 0. The van der Waals surface area contributed by atoms with E-state index in [0.29, 0.717) is 24.5 Å². The first-order valence-electron chi connectivity index (χ1n) is 11.2. The molecule has 5 rings (SSSR count). The second-order valence-corrected chi connectivity index (χ2v) is 8.39. The summed E-state index contributed by atoms with van der Waals surface area (Å²) in [6.07, 6.45) is 0.754. The van der Waals surface area contributed by atoms with Crippen molar-refractivity contribution in [2.45, 2.75) is 32.5 Å². The topological polar surface area (TPSA) is 86.5 Å². The fourth-order valence-electron chi connectivity index (χ4n) is 4.48. The molecular weight excluding hydrogens is 404 g/mol. The minimum Gasteiger partial charge on any atom is -0.367 e. The van der Waals surface area contributed by atoms with Crippen molar-refractivity contribution in [3.63, 3.8) is 0 Å². The standard InChI is InChI=1S/C24H28N6O2/c1-2-6-21-26-27-22-23(31)25-19-15-18(9-10-20(19)30(21)22)24(32)29-13-11-28(12-14-29)16-17-7-4-3-5-8-17/h3-5,7-10,15,23,25,31H,2,6,11-14,16H2,1H3. The van der Waals surface area contributed by atoms with Crippen LogP contribution in [0.5, 0.6) is 0 Å². The average molecular weight is 433 g/mol. The van der Waals surface area contributed by atoms with Gasteiger partial charge in [0, 0.05) is 44.7 Å². The van der Waals surface area contributed by atoms with Gasteiger partial charge in [-0.3, -0.25) is 14.3 Å². The van der Waals surface area contributed by atoms with Gasteiger partial charge in [0.1, 0.15) is 5.82 Å². The molecule has 0 spiro atoms. The van der Waals surface area contributed by atoms with E-state index in [-0.39, 0.29) is 5.91 Å². The molecule has 3 heterocycles.